The zero-order valence-corrected chi connectivity index (χ0v) is 7.27. The van der Waals surface area contributed by atoms with Crippen LogP contribution in [0.4, 0.5) is 5.82 Å². The molecule has 1 amide bonds. The van der Waals surface area contributed by atoms with E-state index in [1.165, 1.54) is 24.5 Å². The number of nitrogens with two attached hydrogens (primary N) is 1. The molecule has 1 aromatic rings. The summed E-state index contributed by atoms with van der Waals surface area (Å²) >= 11 is 0. The van der Waals surface area contributed by atoms with Gasteiger partial charge >= 0.3 is 0 Å². The molecule has 1 aromatic heterocycles. The van der Waals surface area contributed by atoms with E-state index in [0.717, 1.165) is 0 Å². The van der Waals surface area contributed by atoms with Crippen LogP contribution in [0.3, 0.4) is 0 Å². The van der Waals surface area contributed by atoms with Crippen molar-refractivity contribution in [3.63, 3.8) is 0 Å². The highest BCUT2D eigenvalue weighted by molar-refractivity contribution is 5.94. The molecular formula is C9H8N4O. The summed E-state index contributed by atoms with van der Waals surface area (Å²) in [5, 5.41) is 10.6. The van der Waals surface area contributed by atoms with E-state index in [-0.39, 0.29) is 5.91 Å². The zero-order valence-electron chi connectivity index (χ0n) is 7.27. The summed E-state index contributed by atoms with van der Waals surface area (Å²) in [7, 11) is 0. The number of hydrogen-bond donors (Lipinski definition) is 2. The molecule has 70 valence electrons. The van der Waals surface area contributed by atoms with Crippen molar-refractivity contribution in [2.75, 3.05) is 5.73 Å². The van der Waals surface area contributed by atoms with E-state index < -0.39 is 0 Å². The third-order valence-corrected chi connectivity index (χ3v) is 1.42. The van der Waals surface area contributed by atoms with Crippen molar-refractivity contribution in [2.24, 2.45) is 0 Å². The maximum absolute atomic E-state index is 11.3. The van der Waals surface area contributed by atoms with Crippen LogP contribution in [0.1, 0.15) is 10.4 Å². The Labute approximate surface area is 80.9 Å². The van der Waals surface area contributed by atoms with Gasteiger partial charge in [-0.15, -0.1) is 0 Å². The van der Waals surface area contributed by atoms with E-state index >= 15 is 0 Å². The smallest absolute Gasteiger partial charge is 0.256 e. The van der Waals surface area contributed by atoms with Crippen LogP contribution in [0.5, 0.6) is 0 Å². The molecule has 0 aliphatic rings. The summed E-state index contributed by atoms with van der Waals surface area (Å²) < 4.78 is 0. The van der Waals surface area contributed by atoms with Gasteiger partial charge in [-0.3, -0.25) is 4.79 Å². The third kappa shape index (κ3) is 2.60. The number of nitrogen functional groups attached to an aromatic ring is 1. The number of nitriles is 1. The minimum Gasteiger partial charge on any atom is -0.384 e. The van der Waals surface area contributed by atoms with Gasteiger partial charge in [0.1, 0.15) is 5.82 Å². The van der Waals surface area contributed by atoms with Gasteiger partial charge < -0.3 is 11.1 Å². The van der Waals surface area contributed by atoms with Crippen LogP contribution in [-0.4, -0.2) is 10.9 Å². The van der Waals surface area contributed by atoms with Gasteiger partial charge in [0, 0.05) is 18.5 Å². The fourth-order valence-corrected chi connectivity index (χ4v) is 0.778. The summed E-state index contributed by atoms with van der Waals surface area (Å²) in [4.78, 5) is 15.0. The number of nitrogens with zero attached hydrogens (tertiary/aromatic N) is 2. The highest BCUT2D eigenvalue weighted by Crippen LogP contribution is 2.00. The number of amides is 1. The molecule has 0 atom stereocenters. The molecule has 0 radical (unpaired) electrons. The largest absolute Gasteiger partial charge is 0.384 e. The molecule has 1 heterocycles. The highest BCUT2D eigenvalue weighted by atomic mass is 16.1. The van der Waals surface area contributed by atoms with E-state index in [2.05, 4.69) is 10.3 Å². The first-order valence-electron chi connectivity index (χ1n) is 3.81. The first-order valence-corrected chi connectivity index (χ1v) is 3.81. The quantitative estimate of drug-likeness (QED) is 0.658. The maximum atomic E-state index is 11.3. The number of aromatic nitrogens is 1. The number of carbonyl (C=O) groups is 1. The molecule has 5 heteroatoms. The van der Waals surface area contributed by atoms with Crippen molar-refractivity contribution in [1.82, 2.24) is 10.3 Å². The Morgan fingerprint density at radius 1 is 1.64 bits per heavy atom. The Bertz CT molecular complexity index is 388. The number of anilines is 1. The number of pyridine rings is 1. The minimum absolute atomic E-state index is 0.330. The fraction of sp³-hybridized carbons (Fsp3) is 0. The topological polar surface area (TPSA) is 91.8 Å². The minimum atomic E-state index is -0.330. The van der Waals surface area contributed by atoms with Gasteiger partial charge in [0.05, 0.1) is 11.6 Å². The molecule has 5 nitrogen and oxygen atoms in total. The SMILES string of the molecule is N#CC=CNC(=O)c1ccc(N)nc1. The monoisotopic (exact) mass is 188 g/mol. The molecule has 0 bridgehead atoms. The lowest BCUT2D eigenvalue weighted by molar-refractivity contribution is 0.0970. The van der Waals surface area contributed by atoms with E-state index in [4.69, 9.17) is 11.0 Å². The first kappa shape index (κ1) is 9.74. The lowest BCUT2D eigenvalue weighted by Crippen LogP contribution is -2.17. The molecular weight excluding hydrogens is 180 g/mol. The first-order chi connectivity index (χ1) is 6.74. The van der Waals surface area contributed by atoms with Gasteiger partial charge in [-0.1, -0.05) is 0 Å². The number of rotatable bonds is 2. The number of nitrogens with one attached hydrogen (secondary N) is 1. The van der Waals surface area contributed by atoms with Crippen LogP contribution in [0.15, 0.2) is 30.6 Å². The Balaban J connectivity index is 2.67. The van der Waals surface area contributed by atoms with Crippen LogP contribution in [0, 0.1) is 11.3 Å². The Hall–Kier alpha value is -2.35. The normalized spacial score (nSPS) is 9.64. The predicted molar refractivity (Wildman–Crippen MR) is 50.9 cm³/mol. The zero-order chi connectivity index (χ0) is 10.4. The van der Waals surface area contributed by atoms with Crippen LogP contribution < -0.4 is 11.1 Å². The second-order valence-electron chi connectivity index (χ2n) is 2.41. The van der Waals surface area contributed by atoms with Crippen molar-refractivity contribution in [3.05, 3.63) is 36.2 Å². The van der Waals surface area contributed by atoms with Gasteiger partial charge in [0.25, 0.3) is 5.91 Å². The van der Waals surface area contributed by atoms with Crippen molar-refractivity contribution in [2.45, 2.75) is 0 Å². The van der Waals surface area contributed by atoms with Crippen molar-refractivity contribution in [1.29, 1.82) is 5.26 Å². The molecule has 0 aliphatic heterocycles. The molecule has 14 heavy (non-hydrogen) atoms. The second kappa shape index (κ2) is 4.62. The number of allylic oxidation sites excluding steroid dienone is 1. The van der Waals surface area contributed by atoms with E-state index in [1.807, 2.05) is 0 Å². The molecule has 0 fully saturated rings. The molecule has 0 saturated heterocycles. The molecule has 0 aliphatic carbocycles. The average Bonchev–Trinajstić information content (AvgIpc) is 2.19. The van der Waals surface area contributed by atoms with Gasteiger partial charge in [0.15, 0.2) is 0 Å². The van der Waals surface area contributed by atoms with Gasteiger partial charge in [0.2, 0.25) is 0 Å². The van der Waals surface area contributed by atoms with Crippen molar-refractivity contribution in [3.8, 4) is 6.07 Å². The Morgan fingerprint density at radius 3 is 3.00 bits per heavy atom. The van der Waals surface area contributed by atoms with Crippen molar-refractivity contribution < 1.29 is 4.79 Å². The fourth-order valence-electron chi connectivity index (χ4n) is 0.778. The highest BCUT2D eigenvalue weighted by Gasteiger charge is 2.02. The van der Waals surface area contributed by atoms with Gasteiger partial charge in [-0.2, -0.15) is 5.26 Å². The molecule has 3 N–H and O–H groups in total. The second-order valence-corrected chi connectivity index (χ2v) is 2.41. The maximum Gasteiger partial charge on any atom is 0.256 e. The summed E-state index contributed by atoms with van der Waals surface area (Å²) in [6.07, 6.45) is 3.80. The number of carbonyl (C=O) groups excluding carboxylic acids is 1. The van der Waals surface area contributed by atoms with Crippen molar-refractivity contribution >= 4 is 11.7 Å². The van der Waals surface area contributed by atoms with Gasteiger partial charge in [-0.25, -0.2) is 4.98 Å². The van der Waals surface area contributed by atoms with E-state index in [9.17, 15) is 4.79 Å². The summed E-state index contributed by atoms with van der Waals surface area (Å²) in [5.74, 6) is 0.0260. The number of hydrogen-bond acceptors (Lipinski definition) is 4. The lowest BCUT2D eigenvalue weighted by atomic mass is 10.2. The van der Waals surface area contributed by atoms with Crippen LogP contribution in [0.2, 0.25) is 0 Å². The Kier molecular flexibility index (Phi) is 3.21. The van der Waals surface area contributed by atoms with Gasteiger partial charge in [-0.05, 0) is 12.1 Å². The predicted octanol–water partition coefficient (Wildman–Crippen LogP) is 0.431. The lowest BCUT2D eigenvalue weighted by Gasteiger charge is -1.98. The molecule has 0 aromatic carbocycles. The average molecular weight is 188 g/mol. The standard InChI is InChI=1S/C9H8N4O/c10-4-1-5-12-9(14)7-2-3-8(11)13-6-7/h1-3,5-6H,(H2,11,13)(H,12,14). The molecule has 0 saturated carbocycles. The Morgan fingerprint density at radius 2 is 2.43 bits per heavy atom. The molecule has 0 spiro atoms. The third-order valence-electron chi connectivity index (χ3n) is 1.42. The van der Waals surface area contributed by atoms with Crippen LogP contribution in [-0.2, 0) is 0 Å². The summed E-state index contributed by atoms with van der Waals surface area (Å²) in [5.41, 5.74) is 5.74. The molecule has 0 unspecified atom stereocenters. The van der Waals surface area contributed by atoms with E-state index in [1.54, 1.807) is 12.1 Å². The molecule has 1 rings (SSSR count). The summed E-state index contributed by atoms with van der Waals surface area (Å²) in [6, 6.07) is 4.84. The van der Waals surface area contributed by atoms with Crippen LogP contribution in [0.25, 0.3) is 0 Å². The van der Waals surface area contributed by atoms with Crippen LogP contribution >= 0.6 is 0 Å². The van der Waals surface area contributed by atoms with E-state index in [0.29, 0.717) is 11.4 Å². The summed E-state index contributed by atoms with van der Waals surface area (Å²) in [6.45, 7) is 0.